The number of anilines is 1. The second-order valence-corrected chi connectivity index (χ2v) is 7.50. The molecule has 0 spiro atoms. The van der Waals surface area contributed by atoms with Crippen LogP contribution in [0.2, 0.25) is 5.02 Å². The van der Waals surface area contributed by atoms with Gasteiger partial charge in [0.15, 0.2) is 6.61 Å². The number of nitrogens with one attached hydrogen (secondary N) is 1. The van der Waals surface area contributed by atoms with Gasteiger partial charge in [-0.05, 0) is 31.0 Å². The van der Waals surface area contributed by atoms with Gasteiger partial charge in [0.25, 0.3) is 5.91 Å². The zero-order chi connectivity index (χ0) is 21.0. The van der Waals surface area contributed by atoms with Crippen molar-refractivity contribution >= 4 is 41.0 Å². The first-order valence-corrected chi connectivity index (χ1v) is 9.79. The number of carbonyl (C=O) groups is 4. The zero-order valence-corrected chi connectivity index (χ0v) is 16.4. The molecule has 9 heteroatoms. The summed E-state index contributed by atoms with van der Waals surface area (Å²) in [4.78, 5) is 49.7. The minimum Gasteiger partial charge on any atom is -0.456 e. The van der Waals surface area contributed by atoms with Crippen LogP contribution in [0, 0.1) is 23.2 Å². The fourth-order valence-corrected chi connectivity index (χ4v) is 3.98. The molecular formula is C20H20ClN3O5. The smallest absolute Gasteiger partial charge is 0.308 e. The number of hydrogen-bond donors (Lipinski definition) is 1. The number of likely N-dealkylation sites (tertiary alicyclic amines) is 1. The molecule has 8 nitrogen and oxygen atoms in total. The average Bonchev–Trinajstić information content (AvgIpc) is 2.95. The molecule has 1 N–H and O–H groups in total. The predicted octanol–water partition coefficient (Wildman–Crippen LogP) is 2.26. The molecule has 0 bridgehead atoms. The SMILES string of the molecule is N#Cc1ccc(NC(=O)COC(=O)CCN2C(=O)[C@@H]3CCCC[C@H]3C2=O)cc1Cl. The summed E-state index contributed by atoms with van der Waals surface area (Å²) in [5.41, 5.74) is 0.646. The molecule has 2 aliphatic rings. The highest BCUT2D eigenvalue weighted by molar-refractivity contribution is 6.32. The Hall–Kier alpha value is -2.92. The van der Waals surface area contributed by atoms with Gasteiger partial charge in [-0.3, -0.25) is 24.1 Å². The normalized spacial score (nSPS) is 20.8. The van der Waals surface area contributed by atoms with E-state index in [1.54, 1.807) is 0 Å². The van der Waals surface area contributed by atoms with Crippen molar-refractivity contribution in [1.82, 2.24) is 4.90 Å². The van der Waals surface area contributed by atoms with Crippen LogP contribution in [-0.2, 0) is 23.9 Å². The van der Waals surface area contributed by atoms with E-state index in [2.05, 4.69) is 5.32 Å². The lowest BCUT2D eigenvalue weighted by Gasteiger charge is -2.19. The van der Waals surface area contributed by atoms with Gasteiger partial charge in [-0.15, -0.1) is 0 Å². The Morgan fingerprint density at radius 2 is 1.86 bits per heavy atom. The molecule has 1 aromatic rings. The van der Waals surface area contributed by atoms with Gasteiger partial charge >= 0.3 is 5.97 Å². The molecule has 0 radical (unpaired) electrons. The van der Waals surface area contributed by atoms with Crippen LogP contribution in [0.15, 0.2) is 18.2 Å². The first-order chi connectivity index (χ1) is 13.9. The van der Waals surface area contributed by atoms with Gasteiger partial charge in [-0.2, -0.15) is 5.26 Å². The number of imide groups is 1. The molecule has 1 aliphatic carbocycles. The van der Waals surface area contributed by atoms with Crippen LogP contribution in [0.25, 0.3) is 0 Å². The van der Waals surface area contributed by atoms with E-state index in [-0.39, 0.29) is 47.2 Å². The van der Waals surface area contributed by atoms with E-state index in [0.717, 1.165) is 30.6 Å². The highest BCUT2D eigenvalue weighted by atomic mass is 35.5. The number of ether oxygens (including phenoxy) is 1. The molecule has 3 amide bonds. The van der Waals surface area contributed by atoms with Crippen molar-refractivity contribution < 1.29 is 23.9 Å². The fourth-order valence-electron chi connectivity index (χ4n) is 3.75. The van der Waals surface area contributed by atoms with Gasteiger partial charge in [0.05, 0.1) is 28.8 Å². The van der Waals surface area contributed by atoms with Crippen LogP contribution >= 0.6 is 11.6 Å². The number of hydrogen-bond acceptors (Lipinski definition) is 6. The lowest BCUT2D eigenvalue weighted by molar-refractivity contribution is -0.148. The van der Waals surface area contributed by atoms with Gasteiger partial charge in [-0.25, -0.2) is 0 Å². The van der Waals surface area contributed by atoms with Gasteiger partial charge in [0.1, 0.15) is 6.07 Å². The molecule has 1 saturated heterocycles. The van der Waals surface area contributed by atoms with E-state index >= 15 is 0 Å². The largest absolute Gasteiger partial charge is 0.456 e. The summed E-state index contributed by atoms with van der Waals surface area (Å²) in [5, 5.41) is 11.5. The minimum absolute atomic E-state index is 0.0314. The van der Waals surface area contributed by atoms with Crippen molar-refractivity contribution in [1.29, 1.82) is 5.26 Å². The summed E-state index contributed by atoms with van der Waals surface area (Å²) < 4.78 is 4.91. The van der Waals surface area contributed by atoms with E-state index < -0.39 is 18.5 Å². The molecule has 29 heavy (non-hydrogen) atoms. The van der Waals surface area contributed by atoms with Gasteiger partial charge in [-0.1, -0.05) is 24.4 Å². The van der Waals surface area contributed by atoms with Crippen LogP contribution < -0.4 is 5.32 Å². The third-order valence-electron chi connectivity index (χ3n) is 5.21. The Kier molecular flexibility index (Phi) is 6.49. The molecule has 0 unspecified atom stereocenters. The third-order valence-corrected chi connectivity index (χ3v) is 5.52. The number of fused-ring (bicyclic) bond motifs is 1. The van der Waals surface area contributed by atoms with Crippen LogP contribution in [0.5, 0.6) is 0 Å². The van der Waals surface area contributed by atoms with Crippen molar-refractivity contribution in [3.8, 4) is 6.07 Å². The predicted molar refractivity (Wildman–Crippen MR) is 103 cm³/mol. The fraction of sp³-hybridized carbons (Fsp3) is 0.450. The van der Waals surface area contributed by atoms with Crippen molar-refractivity contribution in [3.63, 3.8) is 0 Å². The zero-order valence-electron chi connectivity index (χ0n) is 15.7. The second-order valence-electron chi connectivity index (χ2n) is 7.09. The van der Waals surface area contributed by atoms with Crippen LogP contribution in [0.4, 0.5) is 5.69 Å². The molecule has 1 aromatic carbocycles. The number of nitrogens with zero attached hydrogens (tertiary/aromatic N) is 2. The van der Waals surface area contributed by atoms with Gasteiger partial charge in [0, 0.05) is 12.2 Å². The highest BCUT2D eigenvalue weighted by Crippen LogP contribution is 2.37. The van der Waals surface area contributed by atoms with E-state index in [0.29, 0.717) is 5.69 Å². The van der Waals surface area contributed by atoms with Crippen molar-refractivity contribution in [3.05, 3.63) is 28.8 Å². The maximum absolute atomic E-state index is 12.4. The van der Waals surface area contributed by atoms with E-state index in [9.17, 15) is 19.2 Å². The quantitative estimate of drug-likeness (QED) is 0.560. The Morgan fingerprint density at radius 1 is 1.21 bits per heavy atom. The maximum Gasteiger partial charge on any atom is 0.308 e. The third kappa shape index (κ3) is 4.74. The molecule has 0 aromatic heterocycles. The first kappa shape index (κ1) is 20.8. The number of rotatable bonds is 6. The molecule has 3 rings (SSSR count). The van der Waals surface area contributed by atoms with Crippen LogP contribution in [0.3, 0.4) is 0 Å². The lowest BCUT2D eigenvalue weighted by Crippen LogP contribution is -2.33. The molecule has 152 valence electrons. The standard InChI is InChI=1S/C20H20ClN3O5/c21-16-9-13(6-5-12(16)10-22)23-17(25)11-29-18(26)7-8-24-19(27)14-3-1-2-4-15(14)20(24)28/h5-6,9,14-15H,1-4,7-8,11H2,(H,23,25)/t14-,15-/m1/s1. The monoisotopic (exact) mass is 417 g/mol. The number of benzene rings is 1. The topological polar surface area (TPSA) is 117 Å². The van der Waals surface area contributed by atoms with Crippen molar-refractivity contribution in [2.24, 2.45) is 11.8 Å². The van der Waals surface area contributed by atoms with Crippen LogP contribution in [-0.4, -0.2) is 41.7 Å². The molecule has 1 aliphatic heterocycles. The molecule has 2 fully saturated rings. The van der Waals surface area contributed by atoms with E-state index in [1.807, 2.05) is 6.07 Å². The summed E-state index contributed by atoms with van der Waals surface area (Å²) in [6.07, 6.45) is 3.16. The summed E-state index contributed by atoms with van der Waals surface area (Å²) in [5.74, 6) is -2.16. The first-order valence-electron chi connectivity index (χ1n) is 9.41. The number of carbonyl (C=O) groups excluding carboxylic acids is 4. The van der Waals surface area contributed by atoms with E-state index in [1.165, 1.54) is 18.2 Å². The number of esters is 1. The van der Waals surface area contributed by atoms with Gasteiger partial charge in [0.2, 0.25) is 11.8 Å². The summed E-state index contributed by atoms with van der Waals surface area (Å²) in [6, 6.07) is 6.30. The maximum atomic E-state index is 12.4. The Labute approximate surface area is 172 Å². The average molecular weight is 418 g/mol. The second kappa shape index (κ2) is 9.05. The number of halogens is 1. The summed E-state index contributed by atoms with van der Waals surface area (Å²) in [6.45, 7) is -0.542. The Bertz CT molecular complexity index is 871. The lowest BCUT2D eigenvalue weighted by atomic mass is 9.81. The van der Waals surface area contributed by atoms with Crippen molar-refractivity contribution in [2.75, 3.05) is 18.5 Å². The molecular weight excluding hydrogens is 398 g/mol. The highest BCUT2D eigenvalue weighted by Gasteiger charge is 2.47. The van der Waals surface area contributed by atoms with Crippen molar-refractivity contribution in [2.45, 2.75) is 32.1 Å². The van der Waals surface area contributed by atoms with Crippen LogP contribution in [0.1, 0.15) is 37.7 Å². The Morgan fingerprint density at radius 3 is 2.45 bits per heavy atom. The molecule has 1 heterocycles. The van der Waals surface area contributed by atoms with Gasteiger partial charge < -0.3 is 10.1 Å². The minimum atomic E-state index is -0.673. The molecule has 1 saturated carbocycles. The Balaban J connectivity index is 1.43. The van der Waals surface area contributed by atoms with E-state index in [4.69, 9.17) is 21.6 Å². The summed E-state index contributed by atoms with van der Waals surface area (Å²) in [7, 11) is 0. The summed E-state index contributed by atoms with van der Waals surface area (Å²) >= 11 is 5.89. The molecule has 2 atom stereocenters. The number of amides is 3. The number of nitriles is 1.